The molecule has 1 aromatic heterocycles. The van der Waals surface area contributed by atoms with Crippen molar-refractivity contribution in [3.63, 3.8) is 0 Å². The number of rotatable bonds is 7. The highest BCUT2D eigenvalue weighted by atomic mass is 19.1. The molecular formula is C21H24F2N2O2. The monoisotopic (exact) mass is 374 g/mol. The van der Waals surface area contributed by atoms with E-state index in [1.165, 1.54) is 12.1 Å². The number of benzene rings is 1. The van der Waals surface area contributed by atoms with E-state index in [2.05, 4.69) is 4.98 Å². The van der Waals surface area contributed by atoms with Crippen LogP contribution in [0.3, 0.4) is 0 Å². The van der Waals surface area contributed by atoms with Crippen molar-refractivity contribution in [1.29, 1.82) is 0 Å². The zero-order valence-electron chi connectivity index (χ0n) is 15.5. The second-order valence-electron chi connectivity index (χ2n) is 6.83. The Balaban J connectivity index is 1.80. The lowest BCUT2D eigenvalue weighted by atomic mass is 9.93. The summed E-state index contributed by atoms with van der Waals surface area (Å²) >= 11 is 0. The number of hydrogen-bond acceptors (Lipinski definition) is 4. The molecule has 0 spiro atoms. The van der Waals surface area contributed by atoms with Gasteiger partial charge < -0.3 is 14.4 Å². The molecule has 27 heavy (non-hydrogen) atoms. The summed E-state index contributed by atoms with van der Waals surface area (Å²) in [6.07, 6.45) is 3.81. The van der Waals surface area contributed by atoms with E-state index in [4.69, 9.17) is 4.74 Å². The minimum Gasteiger partial charge on any atom is -0.478 e. The van der Waals surface area contributed by atoms with Crippen molar-refractivity contribution in [1.82, 2.24) is 4.98 Å². The van der Waals surface area contributed by atoms with E-state index >= 15 is 0 Å². The van der Waals surface area contributed by atoms with Gasteiger partial charge >= 0.3 is 0 Å². The Kier molecular flexibility index (Phi) is 6.37. The van der Waals surface area contributed by atoms with Gasteiger partial charge in [-0.2, -0.15) is 0 Å². The Morgan fingerprint density at radius 3 is 2.56 bits per heavy atom. The van der Waals surface area contributed by atoms with Crippen LogP contribution in [-0.4, -0.2) is 31.0 Å². The van der Waals surface area contributed by atoms with Crippen molar-refractivity contribution in [2.24, 2.45) is 5.92 Å². The third-order valence-electron chi connectivity index (χ3n) is 4.85. The quantitative estimate of drug-likeness (QED) is 0.663. The van der Waals surface area contributed by atoms with Crippen LogP contribution in [-0.2, 0) is 4.79 Å². The van der Waals surface area contributed by atoms with Gasteiger partial charge in [0.25, 0.3) is 0 Å². The summed E-state index contributed by atoms with van der Waals surface area (Å²) in [6.45, 7) is 3.63. The van der Waals surface area contributed by atoms with Crippen LogP contribution in [0.15, 0.2) is 30.3 Å². The molecule has 1 fully saturated rings. The van der Waals surface area contributed by atoms with E-state index in [9.17, 15) is 13.6 Å². The average molecular weight is 374 g/mol. The van der Waals surface area contributed by atoms with E-state index in [1.54, 1.807) is 23.1 Å². The first-order valence-corrected chi connectivity index (χ1v) is 9.40. The maximum absolute atomic E-state index is 14.7. The number of carbonyl (C=O) groups is 1. The molecule has 1 aliphatic heterocycles. The average Bonchev–Trinajstić information content (AvgIpc) is 2.67. The minimum absolute atomic E-state index is 0.00157. The summed E-state index contributed by atoms with van der Waals surface area (Å²) in [5, 5.41) is 0. The Hall–Kier alpha value is -2.50. The van der Waals surface area contributed by atoms with Gasteiger partial charge in [0.15, 0.2) is 0 Å². The summed E-state index contributed by atoms with van der Waals surface area (Å²) in [7, 11) is 0. The number of hydrogen-bond donors (Lipinski definition) is 0. The molecule has 0 aliphatic carbocycles. The highest BCUT2D eigenvalue weighted by Gasteiger charge is 2.24. The molecular weight excluding hydrogens is 350 g/mol. The van der Waals surface area contributed by atoms with Crippen LogP contribution in [0.4, 0.5) is 14.5 Å². The molecule has 3 rings (SSSR count). The molecule has 1 aromatic carbocycles. The predicted octanol–water partition coefficient (Wildman–Crippen LogP) is 4.62. The highest BCUT2D eigenvalue weighted by molar-refractivity contribution is 5.65. The first-order chi connectivity index (χ1) is 13.1. The van der Waals surface area contributed by atoms with Gasteiger partial charge in [-0.3, -0.25) is 0 Å². The van der Waals surface area contributed by atoms with E-state index in [-0.39, 0.29) is 5.69 Å². The van der Waals surface area contributed by atoms with Crippen molar-refractivity contribution in [3.8, 4) is 17.1 Å². The standard InChI is InChI=1S/C21H24F2N2O2/c1-2-12-27-20-5-3-4-19(24-20)16-13-17(22)21(18(23)14-16)25-9-6-15(7-10-25)8-11-26/h3-5,11,13-15H,2,6-10,12H2,1H3. The maximum Gasteiger partial charge on any atom is 0.213 e. The number of piperidine rings is 1. The molecule has 144 valence electrons. The Bertz CT molecular complexity index is 766. The molecule has 0 atom stereocenters. The van der Waals surface area contributed by atoms with Crippen LogP contribution in [0.1, 0.15) is 32.6 Å². The summed E-state index contributed by atoms with van der Waals surface area (Å²) in [5.41, 5.74) is 0.853. The third-order valence-corrected chi connectivity index (χ3v) is 4.85. The van der Waals surface area contributed by atoms with Crippen molar-refractivity contribution >= 4 is 12.0 Å². The summed E-state index contributed by atoms with van der Waals surface area (Å²) in [5.74, 6) is -0.447. The first-order valence-electron chi connectivity index (χ1n) is 9.40. The number of anilines is 1. The number of ether oxygens (including phenoxy) is 1. The highest BCUT2D eigenvalue weighted by Crippen LogP contribution is 2.32. The Labute approximate surface area is 158 Å². The smallest absolute Gasteiger partial charge is 0.213 e. The summed E-state index contributed by atoms with van der Waals surface area (Å²) in [6, 6.07) is 7.83. The Morgan fingerprint density at radius 1 is 1.22 bits per heavy atom. The Morgan fingerprint density at radius 2 is 1.93 bits per heavy atom. The molecule has 0 unspecified atom stereocenters. The topological polar surface area (TPSA) is 42.4 Å². The molecule has 2 heterocycles. The van der Waals surface area contributed by atoms with Crippen LogP contribution in [0.25, 0.3) is 11.3 Å². The lowest BCUT2D eigenvalue weighted by molar-refractivity contribution is -0.108. The lowest BCUT2D eigenvalue weighted by Gasteiger charge is -2.33. The molecule has 0 N–H and O–H groups in total. The fourth-order valence-electron chi connectivity index (χ4n) is 3.41. The molecule has 1 saturated heterocycles. The van der Waals surface area contributed by atoms with Crippen LogP contribution in [0, 0.1) is 17.6 Å². The molecule has 0 amide bonds. The third kappa shape index (κ3) is 4.62. The van der Waals surface area contributed by atoms with Gasteiger partial charge in [0, 0.05) is 31.1 Å². The van der Waals surface area contributed by atoms with Gasteiger partial charge in [0.05, 0.1) is 12.3 Å². The molecule has 0 radical (unpaired) electrons. The van der Waals surface area contributed by atoms with Crippen molar-refractivity contribution < 1.29 is 18.3 Å². The minimum atomic E-state index is -0.597. The van der Waals surface area contributed by atoms with Gasteiger partial charge in [0.2, 0.25) is 5.88 Å². The fraction of sp³-hybridized carbons (Fsp3) is 0.429. The molecule has 6 heteroatoms. The lowest BCUT2D eigenvalue weighted by Crippen LogP contribution is -2.35. The van der Waals surface area contributed by atoms with Crippen LogP contribution >= 0.6 is 0 Å². The van der Waals surface area contributed by atoms with Crippen molar-refractivity contribution in [2.75, 3.05) is 24.6 Å². The number of aldehydes is 1. The van der Waals surface area contributed by atoms with Crippen molar-refractivity contribution in [2.45, 2.75) is 32.6 Å². The zero-order chi connectivity index (χ0) is 19.2. The van der Waals surface area contributed by atoms with E-state index < -0.39 is 11.6 Å². The number of pyridine rings is 1. The van der Waals surface area contributed by atoms with Gasteiger partial charge in [-0.25, -0.2) is 13.8 Å². The molecule has 0 bridgehead atoms. The van der Waals surface area contributed by atoms with Crippen LogP contribution < -0.4 is 9.64 Å². The number of aromatic nitrogens is 1. The molecule has 4 nitrogen and oxygen atoms in total. The first kappa shape index (κ1) is 19.3. The van der Waals surface area contributed by atoms with E-state index in [0.29, 0.717) is 49.2 Å². The fourth-order valence-corrected chi connectivity index (χ4v) is 3.41. The summed E-state index contributed by atoms with van der Waals surface area (Å²) < 4.78 is 35.0. The van der Waals surface area contributed by atoms with Gasteiger partial charge in [-0.15, -0.1) is 0 Å². The number of nitrogens with zero attached hydrogens (tertiary/aromatic N) is 2. The SMILES string of the molecule is CCCOc1cccc(-c2cc(F)c(N3CCC(CC=O)CC3)c(F)c2)n1. The van der Waals surface area contributed by atoms with E-state index in [0.717, 1.165) is 25.5 Å². The van der Waals surface area contributed by atoms with Crippen molar-refractivity contribution in [3.05, 3.63) is 42.0 Å². The van der Waals surface area contributed by atoms with Crippen LogP contribution in [0.5, 0.6) is 5.88 Å². The second-order valence-corrected chi connectivity index (χ2v) is 6.83. The zero-order valence-corrected chi connectivity index (χ0v) is 15.5. The molecule has 0 saturated carbocycles. The van der Waals surface area contributed by atoms with Gasteiger partial charge in [-0.1, -0.05) is 13.0 Å². The summed E-state index contributed by atoms with van der Waals surface area (Å²) in [4.78, 5) is 16.7. The largest absolute Gasteiger partial charge is 0.478 e. The normalized spacial score (nSPS) is 15.0. The second kappa shape index (κ2) is 8.93. The number of carbonyl (C=O) groups excluding carboxylic acids is 1. The van der Waals surface area contributed by atoms with Crippen LogP contribution in [0.2, 0.25) is 0 Å². The van der Waals surface area contributed by atoms with Gasteiger partial charge in [0.1, 0.15) is 23.6 Å². The molecule has 2 aromatic rings. The van der Waals surface area contributed by atoms with E-state index in [1.807, 2.05) is 6.92 Å². The maximum atomic E-state index is 14.7. The van der Waals surface area contributed by atoms with Gasteiger partial charge in [-0.05, 0) is 43.4 Å². The number of halogens is 2. The predicted molar refractivity (Wildman–Crippen MR) is 101 cm³/mol. The molecule has 1 aliphatic rings.